The number of hydrogen-bond acceptors (Lipinski definition) is 4. The van der Waals surface area contributed by atoms with Crippen molar-refractivity contribution in [2.75, 3.05) is 33.2 Å². The molecule has 1 spiro atoms. The molecule has 1 aromatic heterocycles. The van der Waals surface area contributed by atoms with Crippen LogP contribution in [0.5, 0.6) is 0 Å². The van der Waals surface area contributed by atoms with Crippen molar-refractivity contribution in [3.05, 3.63) is 46.7 Å². The largest absolute Gasteiger partial charge is 0.337 e. The van der Waals surface area contributed by atoms with Gasteiger partial charge in [-0.25, -0.2) is 4.68 Å². The van der Waals surface area contributed by atoms with Crippen LogP contribution in [0.1, 0.15) is 41.7 Å². The molecule has 1 unspecified atom stereocenters. The van der Waals surface area contributed by atoms with Crippen molar-refractivity contribution in [3.8, 4) is 0 Å². The van der Waals surface area contributed by atoms with E-state index < -0.39 is 0 Å². The number of piperidine rings is 2. The number of amides is 1. The minimum Gasteiger partial charge on any atom is -0.337 e. The van der Waals surface area contributed by atoms with Crippen LogP contribution in [-0.2, 0) is 6.54 Å². The van der Waals surface area contributed by atoms with Crippen molar-refractivity contribution in [1.82, 2.24) is 24.8 Å². The van der Waals surface area contributed by atoms with Crippen LogP contribution >= 0.6 is 11.6 Å². The van der Waals surface area contributed by atoms with Gasteiger partial charge in [-0.2, -0.15) is 0 Å². The first-order valence-electron chi connectivity index (χ1n) is 9.65. The maximum atomic E-state index is 13.0. The lowest BCUT2D eigenvalue weighted by molar-refractivity contribution is 0.0203. The van der Waals surface area contributed by atoms with Crippen molar-refractivity contribution < 1.29 is 4.79 Å². The maximum absolute atomic E-state index is 13.0. The van der Waals surface area contributed by atoms with Gasteiger partial charge in [0.05, 0.1) is 12.7 Å². The topological polar surface area (TPSA) is 54.3 Å². The van der Waals surface area contributed by atoms with Crippen molar-refractivity contribution in [1.29, 1.82) is 0 Å². The zero-order valence-corrected chi connectivity index (χ0v) is 16.5. The lowest BCUT2D eigenvalue weighted by Gasteiger charge is -2.47. The lowest BCUT2D eigenvalue weighted by atomic mass is 9.74. The van der Waals surface area contributed by atoms with Gasteiger partial charge < -0.3 is 9.80 Å². The smallest absolute Gasteiger partial charge is 0.276 e. The van der Waals surface area contributed by atoms with E-state index >= 15 is 0 Å². The lowest BCUT2D eigenvalue weighted by Crippen LogP contribution is -2.52. The highest BCUT2D eigenvalue weighted by Gasteiger charge is 2.40. The summed E-state index contributed by atoms with van der Waals surface area (Å²) in [5, 5.41) is 8.99. The predicted octanol–water partition coefficient (Wildman–Crippen LogP) is 2.93. The summed E-state index contributed by atoms with van der Waals surface area (Å²) in [5.41, 5.74) is 1.76. The molecule has 0 aliphatic carbocycles. The summed E-state index contributed by atoms with van der Waals surface area (Å²) in [6, 6.07) is 7.63. The number of likely N-dealkylation sites (tertiary alicyclic amines) is 2. The number of carbonyl (C=O) groups is 1. The fourth-order valence-electron chi connectivity index (χ4n) is 4.58. The van der Waals surface area contributed by atoms with Gasteiger partial charge in [0.15, 0.2) is 5.69 Å². The third-order valence-electron chi connectivity index (χ3n) is 5.82. The third-order valence-corrected chi connectivity index (χ3v) is 6.07. The number of hydrogen-bond donors (Lipinski definition) is 0. The van der Waals surface area contributed by atoms with Crippen molar-refractivity contribution in [3.63, 3.8) is 0 Å². The molecule has 2 fully saturated rings. The average Bonchev–Trinajstić information content (AvgIpc) is 3.11. The Balaban J connectivity index is 1.43. The molecule has 2 aromatic rings. The Labute approximate surface area is 165 Å². The summed E-state index contributed by atoms with van der Waals surface area (Å²) in [7, 11) is 2.18. The van der Waals surface area contributed by atoms with E-state index in [1.807, 2.05) is 29.2 Å². The molecule has 6 nitrogen and oxygen atoms in total. The Morgan fingerprint density at radius 3 is 2.63 bits per heavy atom. The molecule has 144 valence electrons. The molecule has 1 atom stereocenters. The highest BCUT2D eigenvalue weighted by molar-refractivity contribution is 6.30. The quantitative estimate of drug-likeness (QED) is 0.812. The Morgan fingerprint density at radius 2 is 1.89 bits per heavy atom. The highest BCUT2D eigenvalue weighted by atomic mass is 35.5. The van der Waals surface area contributed by atoms with Gasteiger partial charge in [-0.05, 0) is 57.0 Å². The van der Waals surface area contributed by atoms with E-state index in [4.69, 9.17) is 11.6 Å². The third kappa shape index (κ3) is 4.17. The van der Waals surface area contributed by atoms with E-state index in [2.05, 4.69) is 22.3 Å². The van der Waals surface area contributed by atoms with Crippen LogP contribution < -0.4 is 0 Å². The number of benzene rings is 1. The van der Waals surface area contributed by atoms with Gasteiger partial charge in [0.1, 0.15) is 0 Å². The van der Waals surface area contributed by atoms with E-state index in [0.717, 1.165) is 38.2 Å². The normalized spacial score (nSPS) is 23.7. The van der Waals surface area contributed by atoms with Gasteiger partial charge in [-0.3, -0.25) is 4.79 Å². The molecule has 1 aromatic carbocycles. The zero-order valence-electron chi connectivity index (χ0n) is 15.8. The molecule has 0 N–H and O–H groups in total. The maximum Gasteiger partial charge on any atom is 0.276 e. The second kappa shape index (κ2) is 7.60. The Morgan fingerprint density at radius 1 is 1.15 bits per heavy atom. The molecule has 0 bridgehead atoms. The number of aromatic nitrogens is 3. The van der Waals surface area contributed by atoms with E-state index in [9.17, 15) is 4.79 Å². The highest BCUT2D eigenvalue weighted by Crippen LogP contribution is 2.38. The molecule has 2 saturated heterocycles. The molecule has 1 amide bonds. The molecule has 0 saturated carbocycles. The van der Waals surface area contributed by atoms with Gasteiger partial charge in [0.25, 0.3) is 5.91 Å². The summed E-state index contributed by atoms with van der Waals surface area (Å²) >= 11 is 5.93. The van der Waals surface area contributed by atoms with Crippen molar-refractivity contribution >= 4 is 17.5 Å². The summed E-state index contributed by atoms with van der Waals surface area (Å²) in [6.45, 7) is 4.47. The number of rotatable bonds is 3. The Hall–Kier alpha value is -1.92. The standard InChI is InChI=1S/C20H26ClN5O/c1-24-10-2-8-20(14-24)9-3-11-25(15-20)19(27)18-13-26(23-22-18)12-16-4-6-17(21)7-5-16/h4-7,13H,2-3,8-12,14-15H2,1H3. The first-order valence-corrected chi connectivity index (χ1v) is 10.0. The molecule has 2 aliphatic rings. The number of carbonyl (C=O) groups excluding carboxylic acids is 1. The van der Waals surface area contributed by atoms with Gasteiger partial charge in [-0.1, -0.05) is 28.9 Å². The van der Waals surface area contributed by atoms with Gasteiger partial charge in [-0.15, -0.1) is 5.10 Å². The Bertz CT molecular complexity index is 801. The molecule has 3 heterocycles. The summed E-state index contributed by atoms with van der Waals surface area (Å²) in [6.07, 6.45) is 6.47. The fourth-order valence-corrected chi connectivity index (χ4v) is 4.71. The molecule has 27 heavy (non-hydrogen) atoms. The van der Waals surface area contributed by atoms with E-state index in [0.29, 0.717) is 17.3 Å². The molecule has 7 heteroatoms. The van der Waals surface area contributed by atoms with Crippen molar-refractivity contribution in [2.45, 2.75) is 32.2 Å². The summed E-state index contributed by atoms with van der Waals surface area (Å²) in [4.78, 5) is 17.4. The predicted molar refractivity (Wildman–Crippen MR) is 105 cm³/mol. The van der Waals surface area contributed by atoms with Gasteiger partial charge in [0.2, 0.25) is 0 Å². The fraction of sp³-hybridized carbons (Fsp3) is 0.550. The first kappa shape index (κ1) is 18.4. The summed E-state index contributed by atoms with van der Waals surface area (Å²) < 4.78 is 1.71. The van der Waals surface area contributed by atoms with Crippen LogP contribution in [0.25, 0.3) is 0 Å². The summed E-state index contributed by atoms with van der Waals surface area (Å²) in [5.74, 6) is 0.00431. The second-order valence-electron chi connectivity index (χ2n) is 8.10. The van der Waals surface area contributed by atoms with Crippen molar-refractivity contribution in [2.24, 2.45) is 5.41 Å². The van der Waals surface area contributed by atoms with E-state index in [1.54, 1.807) is 10.9 Å². The van der Waals surface area contributed by atoms with E-state index in [1.165, 1.54) is 19.3 Å². The van der Waals surface area contributed by atoms with E-state index in [-0.39, 0.29) is 11.3 Å². The van der Waals surface area contributed by atoms with Gasteiger partial charge in [0, 0.05) is 30.1 Å². The average molecular weight is 388 g/mol. The zero-order chi connectivity index (χ0) is 18.9. The molecule has 0 radical (unpaired) electrons. The van der Waals surface area contributed by atoms with Crippen LogP contribution in [0, 0.1) is 5.41 Å². The van der Waals surface area contributed by atoms with Gasteiger partial charge >= 0.3 is 0 Å². The minimum atomic E-state index is 0.00431. The molecule has 2 aliphatic heterocycles. The minimum absolute atomic E-state index is 0.00431. The first-order chi connectivity index (χ1) is 13.0. The second-order valence-corrected chi connectivity index (χ2v) is 8.54. The number of nitrogens with zero attached hydrogens (tertiary/aromatic N) is 5. The van der Waals surface area contributed by atoms with Crippen LogP contribution in [0.15, 0.2) is 30.5 Å². The molecule has 4 rings (SSSR count). The monoisotopic (exact) mass is 387 g/mol. The molecular weight excluding hydrogens is 362 g/mol. The van der Waals surface area contributed by atoms with Crippen LogP contribution in [0.3, 0.4) is 0 Å². The molecular formula is C20H26ClN5O. The van der Waals surface area contributed by atoms with Crippen LogP contribution in [0.4, 0.5) is 0 Å². The van der Waals surface area contributed by atoms with Crippen LogP contribution in [0.2, 0.25) is 5.02 Å². The SMILES string of the molecule is CN1CCCC2(CCCN(C(=O)c3cn(Cc4ccc(Cl)cc4)nn3)C2)C1. The number of halogens is 1. The van der Waals surface area contributed by atoms with Crippen LogP contribution in [-0.4, -0.2) is 63.9 Å². The Kier molecular flexibility index (Phi) is 5.19.